The highest BCUT2D eigenvalue weighted by Gasteiger charge is 2.35. The van der Waals surface area contributed by atoms with E-state index < -0.39 is 4.92 Å². The Kier molecular flexibility index (Phi) is 5.63. The van der Waals surface area contributed by atoms with Crippen molar-refractivity contribution in [3.05, 3.63) is 91.7 Å². The lowest BCUT2D eigenvalue weighted by molar-refractivity contribution is -0.384. The van der Waals surface area contributed by atoms with Crippen LogP contribution >= 0.6 is 11.3 Å². The number of amides is 1. The van der Waals surface area contributed by atoms with Gasteiger partial charge in [0.25, 0.3) is 11.6 Å². The first-order valence-electron chi connectivity index (χ1n) is 10.7. The topological polar surface area (TPSA) is 75.9 Å². The molecule has 2 aliphatic rings. The maximum atomic E-state index is 14.0. The van der Waals surface area contributed by atoms with E-state index in [4.69, 9.17) is 4.74 Å². The van der Waals surface area contributed by atoms with Crippen molar-refractivity contribution in [1.29, 1.82) is 0 Å². The van der Waals surface area contributed by atoms with Gasteiger partial charge in [-0.15, -0.1) is 11.3 Å². The number of carbonyl (C=O) groups is 1. The summed E-state index contributed by atoms with van der Waals surface area (Å²) in [5.41, 5.74) is 3.21. The van der Waals surface area contributed by atoms with Crippen LogP contribution in [-0.4, -0.2) is 48.6 Å². The van der Waals surface area contributed by atoms with Crippen LogP contribution < -0.4 is 4.90 Å². The number of hydrogen-bond donors (Lipinski definition) is 0. The molecule has 2 aliphatic heterocycles. The molecule has 164 valence electrons. The van der Waals surface area contributed by atoms with Crippen molar-refractivity contribution in [3.63, 3.8) is 0 Å². The maximum Gasteiger partial charge on any atom is 0.270 e. The molecule has 0 spiro atoms. The van der Waals surface area contributed by atoms with Crippen LogP contribution in [0, 0.1) is 10.1 Å². The second kappa shape index (κ2) is 8.72. The summed E-state index contributed by atoms with van der Waals surface area (Å²) in [6, 6.07) is 16.5. The number of thiophene rings is 1. The number of hydrogen-bond acceptors (Lipinski definition) is 6. The number of benzene rings is 2. The van der Waals surface area contributed by atoms with E-state index in [1.807, 2.05) is 35.2 Å². The van der Waals surface area contributed by atoms with Crippen LogP contribution in [0.4, 0.5) is 11.4 Å². The van der Waals surface area contributed by atoms with Gasteiger partial charge in [0.1, 0.15) is 0 Å². The first-order valence-corrected chi connectivity index (χ1v) is 11.5. The summed E-state index contributed by atoms with van der Waals surface area (Å²) in [4.78, 5) is 30.3. The van der Waals surface area contributed by atoms with Crippen LogP contribution in [0.3, 0.4) is 0 Å². The van der Waals surface area contributed by atoms with Crippen LogP contribution in [0.1, 0.15) is 32.4 Å². The molecule has 0 bridgehead atoms. The first-order chi connectivity index (χ1) is 15.6. The van der Waals surface area contributed by atoms with Crippen molar-refractivity contribution in [1.82, 2.24) is 4.90 Å². The number of morpholine rings is 1. The molecule has 5 rings (SSSR count). The lowest BCUT2D eigenvalue weighted by atomic mass is 9.92. The van der Waals surface area contributed by atoms with Crippen molar-refractivity contribution in [2.24, 2.45) is 0 Å². The molecule has 8 heteroatoms. The van der Waals surface area contributed by atoms with Gasteiger partial charge in [-0.05, 0) is 35.1 Å². The fourth-order valence-electron chi connectivity index (χ4n) is 4.57. The number of nitrogens with zero attached hydrogens (tertiary/aromatic N) is 3. The molecule has 0 N–H and O–H groups in total. The molecule has 1 saturated heterocycles. The minimum Gasteiger partial charge on any atom is -0.378 e. The van der Waals surface area contributed by atoms with Gasteiger partial charge in [0.15, 0.2) is 0 Å². The Morgan fingerprint density at radius 3 is 2.59 bits per heavy atom. The minimum absolute atomic E-state index is 0.0742. The molecule has 3 aromatic rings. The Labute approximate surface area is 190 Å². The smallest absolute Gasteiger partial charge is 0.270 e. The number of ether oxygens (including phenoxy) is 1. The lowest BCUT2D eigenvalue weighted by Crippen LogP contribution is -2.42. The number of nitro benzene ring substituents is 1. The zero-order valence-corrected chi connectivity index (χ0v) is 18.3. The first kappa shape index (κ1) is 20.7. The van der Waals surface area contributed by atoms with Gasteiger partial charge in [-0.1, -0.05) is 30.3 Å². The maximum absolute atomic E-state index is 14.0. The Hall–Kier alpha value is -3.23. The van der Waals surface area contributed by atoms with E-state index in [9.17, 15) is 14.9 Å². The molecule has 1 fully saturated rings. The third kappa shape index (κ3) is 3.76. The van der Waals surface area contributed by atoms with Gasteiger partial charge in [-0.25, -0.2) is 0 Å². The highest BCUT2D eigenvalue weighted by Crippen LogP contribution is 2.39. The van der Waals surface area contributed by atoms with E-state index in [2.05, 4.69) is 16.3 Å². The second-order valence-corrected chi connectivity index (χ2v) is 8.92. The van der Waals surface area contributed by atoms with E-state index in [0.29, 0.717) is 38.4 Å². The highest BCUT2D eigenvalue weighted by molar-refractivity contribution is 7.10. The van der Waals surface area contributed by atoms with Gasteiger partial charge in [-0.3, -0.25) is 14.9 Å². The fourth-order valence-corrected chi connectivity index (χ4v) is 5.48. The predicted molar refractivity (Wildman–Crippen MR) is 123 cm³/mol. The second-order valence-electron chi connectivity index (χ2n) is 7.92. The zero-order chi connectivity index (χ0) is 22.1. The van der Waals surface area contributed by atoms with Crippen molar-refractivity contribution < 1.29 is 14.5 Å². The summed E-state index contributed by atoms with van der Waals surface area (Å²) in [7, 11) is 0. The molecular formula is C24H23N3O4S. The van der Waals surface area contributed by atoms with E-state index in [-0.39, 0.29) is 17.6 Å². The van der Waals surface area contributed by atoms with Gasteiger partial charge < -0.3 is 14.5 Å². The molecule has 0 saturated carbocycles. The van der Waals surface area contributed by atoms with E-state index >= 15 is 0 Å². The average molecular weight is 450 g/mol. The molecule has 1 amide bonds. The highest BCUT2D eigenvalue weighted by atomic mass is 32.1. The molecule has 7 nitrogen and oxygen atoms in total. The molecule has 32 heavy (non-hydrogen) atoms. The number of rotatable bonds is 4. The van der Waals surface area contributed by atoms with Gasteiger partial charge in [-0.2, -0.15) is 0 Å². The minimum atomic E-state index is -0.443. The Morgan fingerprint density at radius 1 is 1.06 bits per heavy atom. The predicted octanol–water partition coefficient (Wildman–Crippen LogP) is 4.28. The average Bonchev–Trinajstić information content (AvgIpc) is 3.32. The normalized spacial score (nSPS) is 18.3. The van der Waals surface area contributed by atoms with Crippen molar-refractivity contribution in [3.8, 4) is 0 Å². The van der Waals surface area contributed by atoms with Gasteiger partial charge in [0, 0.05) is 36.6 Å². The zero-order valence-electron chi connectivity index (χ0n) is 17.5. The van der Waals surface area contributed by atoms with E-state index in [1.54, 1.807) is 17.4 Å². The Morgan fingerprint density at radius 2 is 1.84 bits per heavy atom. The molecule has 3 heterocycles. The standard InChI is InChI=1S/C24H23N3O4S/c28-24(20-16-18(27(29)30)6-7-21(20)25-11-13-31-14-12-25)26-10-8-22-19(9-15-32-22)23(26)17-4-2-1-3-5-17/h1-7,9,15-16,23H,8,10-14H2. The SMILES string of the molecule is O=C(c1cc([N+](=O)[O-])ccc1N1CCOCC1)N1CCc2sccc2C1c1ccccc1. The summed E-state index contributed by atoms with van der Waals surface area (Å²) in [6.45, 7) is 3.00. The number of non-ortho nitro benzene ring substituents is 1. The van der Waals surface area contributed by atoms with Crippen LogP contribution in [0.2, 0.25) is 0 Å². The van der Waals surface area contributed by atoms with Crippen LogP contribution in [0.15, 0.2) is 60.0 Å². The van der Waals surface area contributed by atoms with E-state index in [1.165, 1.54) is 17.0 Å². The fraction of sp³-hybridized carbons (Fsp3) is 0.292. The number of anilines is 1. The number of carbonyl (C=O) groups excluding carboxylic acids is 1. The number of nitro groups is 1. The Balaban J connectivity index is 1.59. The summed E-state index contributed by atoms with van der Waals surface area (Å²) in [5, 5.41) is 13.6. The summed E-state index contributed by atoms with van der Waals surface area (Å²) in [6.07, 6.45) is 0.782. The number of fused-ring (bicyclic) bond motifs is 1. The van der Waals surface area contributed by atoms with Crippen molar-refractivity contribution >= 4 is 28.6 Å². The molecule has 1 aromatic heterocycles. The molecule has 1 atom stereocenters. The van der Waals surface area contributed by atoms with Crippen molar-refractivity contribution in [2.45, 2.75) is 12.5 Å². The molecule has 1 unspecified atom stereocenters. The molecule has 0 radical (unpaired) electrons. The summed E-state index contributed by atoms with van der Waals surface area (Å²) in [5.74, 6) is -0.180. The lowest BCUT2D eigenvalue weighted by Gasteiger charge is -2.37. The van der Waals surface area contributed by atoms with Crippen LogP contribution in [0.25, 0.3) is 0 Å². The van der Waals surface area contributed by atoms with Crippen LogP contribution in [-0.2, 0) is 11.2 Å². The van der Waals surface area contributed by atoms with Gasteiger partial charge in [0.2, 0.25) is 0 Å². The van der Waals surface area contributed by atoms with Crippen LogP contribution in [0.5, 0.6) is 0 Å². The summed E-state index contributed by atoms with van der Waals surface area (Å²) < 4.78 is 5.46. The monoisotopic (exact) mass is 449 g/mol. The molecular weight excluding hydrogens is 426 g/mol. The quantitative estimate of drug-likeness (QED) is 0.439. The summed E-state index contributed by atoms with van der Waals surface area (Å²) >= 11 is 1.72. The third-order valence-electron chi connectivity index (χ3n) is 6.12. The molecule has 2 aromatic carbocycles. The third-order valence-corrected chi connectivity index (χ3v) is 7.11. The Bertz CT molecular complexity index is 1140. The molecule has 0 aliphatic carbocycles. The van der Waals surface area contributed by atoms with Crippen molar-refractivity contribution in [2.75, 3.05) is 37.7 Å². The van der Waals surface area contributed by atoms with Gasteiger partial charge in [0.05, 0.1) is 35.4 Å². The van der Waals surface area contributed by atoms with E-state index in [0.717, 1.165) is 23.2 Å². The van der Waals surface area contributed by atoms with Gasteiger partial charge >= 0.3 is 0 Å². The largest absolute Gasteiger partial charge is 0.378 e.